The second kappa shape index (κ2) is 8.15. The van der Waals surface area contributed by atoms with Gasteiger partial charge in [-0.25, -0.2) is 12.8 Å². The number of fused-ring (bicyclic) bond motifs is 1. The molecule has 0 spiro atoms. The van der Waals surface area contributed by atoms with Gasteiger partial charge in [0, 0.05) is 10.9 Å². The predicted molar refractivity (Wildman–Crippen MR) is 119 cm³/mol. The molecule has 0 aliphatic carbocycles. The lowest BCUT2D eigenvalue weighted by Crippen LogP contribution is -2.38. The van der Waals surface area contributed by atoms with E-state index in [1.165, 1.54) is 23.9 Å². The van der Waals surface area contributed by atoms with E-state index in [0.717, 1.165) is 11.3 Å². The number of carbonyl (C=O) groups is 1. The minimum atomic E-state index is -3.12. The Labute approximate surface area is 180 Å². The maximum absolute atomic E-state index is 13.1. The zero-order valence-corrected chi connectivity index (χ0v) is 18.4. The van der Waals surface area contributed by atoms with Gasteiger partial charge in [0.1, 0.15) is 5.82 Å². The summed E-state index contributed by atoms with van der Waals surface area (Å²) in [6, 6.07) is 13.4. The van der Waals surface area contributed by atoms with Gasteiger partial charge in [0.25, 0.3) is 5.91 Å². The molecule has 1 amide bonds. The van der Waals surface area contributed by atoms with Crippen molar-refractivity contribution in [1.82, 2.24) is 0 Å². The summed E-state index contributed by atoms with van der Waals surface area (Å²) in [6.45, 7) is 4.17. The summed E-state index contributed by atoms with van der Waals surface area (Å²) < 4.78 is 37.6. The highest BCUT2D eigenvalue weighted by Gasteiger charge is 2.49. The van der Waals surface area contributed by atoms with E-state index in [-0.39, 0.29) is 46.9 Å². The molecule has 2 aliphatic heterocycles. The molecule has 158 valence electrons. The molecule has 0 saturated carbocycles. The van der Waals surface area contributed by atoms with Crippen LogP contribution < -0.4 is 4.90 Å². The molecule has 0 radical (unpaired) electrons. The van der Waals surface area contributed by atoms with Crippen LogP contribution in [-0.2, 0) is 21.1 Å². The number of para-hydroxylation sites is 1. The molecular weight excluding hydrogens is 423 g/mol. The molecule has 2 aromatic carbocycles. The predicted octanol–water partition coefficient (Wildman–Crippen LogP) is 3.79. The zero-order chi connectivity index (χ0) is 21.5. The first-order chi connectivity index (χ1) is 14.2. The van der Waals surface area contributed by atoms with Crippen molar-refractivity contribution in [1.29, 1.82) is 0 Å². The number of nitrogens with zero attached hydrogens (tertiary/aromatic N) is 2. The summed E-state index contributed by atoms with van der Waals surface area (Å²) in [4.78, 5) is 19.0. The maximum atomic E-state index is 13.1. The van der Waals surface area contributed by atoms with E-state index < -0.39 is 9.84 Å². The van der Waals surface area contributed by atoms with Crippen molar-refractivity contribution in [3.63, 3.8) is 0 Å². The van der Waals surface area contributed by atoms with Crippen molar-refractivity contribution >= 4 is 38.4 Å². The Morgan fingerprint density at radius 2 is 1.87 bits per heavy atom. The van der Waals surface area contributed by atoms with Crippen molar-refractivity contribution in [2.24, 2.45) is 4.99 Å². The Bertz CT molecular complexity index is 1100. The lowest BCUT2D eigenvalue weighted by molar-refractivity contribution is -0.117. The van der Waals surface area contributed by atoms with Crippen LogP contribution in [0.5, 0.6) is 0 Å². The van der Waals surface area contributed by atoms with Gasteiger partial charge in [-0.15, -0.1) is 0 Å². The molecule has 2 heterocycles. The SMILES string of the molecule is CC(C)c1ccccc1N1C(=NC(=O)Cc2ccc(F)cc2)S[C@@H]2CS(=O)(=O)C[C@H]21. The number of sulfone groups is 1. The fourth-order valence-corrected chi connectivity index (χ4v) is 7.89. The Balaban J connectivity index is 1.69. The number of aliphatic imine (C=N–C) groups is 1. The number of rotatable bonds is 4. The third-order valence-electron chi connectivity index (χ3n) is 5.37. The van der Waals surface area contributed by atoms with Crippen molar-refractivity contribution in [3.8, 4) is 0 Å². The molecule has 2 saturated heterocycles. The van der Waals surface area contributed by atoms with Crippen molar-refractivity contribution < 1.29 is 17.6 Å². The highest BCUT2D eigenvalue weighted by atomic mass is 32.2. The van der Waals surface area contributed by atoms with Gasteiger partial charge in [0.05, 0.1) is 24.0 Å². The number of thioether (sulfide) groups is 1. The highest BCUT2D eigenvalue weighted by Crippen LogP contribution is 2.43. The summed E-state index contributed by atoms with van der Waals surface area (Å²) in [5.74, 6) is -0.302. The van der Waals surface area contributed by atoms with Crippen LogP contribution in [0.2, 0.25) is 0 Å². The molecule has 2 aromatic rings. The molecule has 30 heavy (non-hydrogen) atoms. The summed E-state index contributed by atoms with van der Waals surface area (Å²) >= 11 is 1.36. The van der Waals surface area contributed by atoms with Crippen LogP contribution in [0.4, 0.5) is 10.1 Å². The van der Waals surface area contributed by atoms with Crippen LogP contribution in [-0.4, -0.2) is 42.3 Å². The Morgan fingerprint density at radius 1 is 1.17 bits per heavy atom. The average molecular weight is 447 g/mol. The Hall–Kier alpha value is -2.19. The van der Waals surface area contributed by atoms with Crippen molar-refractivity contribution in [2.45, 2.75) is 37.5 Å². The van der Waals surface area contributed by atoms with Crippen LogP contribution in [0.15, 0.2) is 53.5 Å². The van der Waals surface area contributed by atoms with E-state index in [1.807, 2.05) is 29.2 Å². The van der Waals surface area contributed by atoms with Crippen LogP contribution >= 0.6 is 11.8 Å². The first-order valence-electron chi connectivity index (χ1n) is 9.85. The van der Waals surface area contributed by atoms with Gasteiger partial charge in [-0.3, -0.25) is 4.79 Å². The molecule has 0 N–H and O–H groups in total. The Morgan fingerprint density at radius 3 is 2.57 bits per heavy atom. The number of benzene rings is 2. The topological polar surface area (TPSA) is 66.8 Å². The molecule has 5 nitrogen and oxygen atoms in total. The molecule has 2 fully saturated rings. The normalized spacial score (nSPS) is 23.9. The quantitative estimate of drug-likeness (QED) is 0.715. The monoisotopic (exact) mass is 446 g/mol. The smallest absolute Gasteiger partial charge is 0.252 e. The lowest BCUT2D eigenvalue weighted by Gasteiger charge is -2.28. The summed E-state index contributed by atoms with van der Waals surface area (Å²) in [7, 11) is -3.12. The minimum Gasteiger partial charge on any atom is -0.315 e. The second-order valence-electron chi connectivity index (χ2n) is 7.98. The molecule has 0 bridgehead atoms. The number of amidine groups is 1. The van der Waals surface area contributed by atoms with E-state index in [2.05, 4.69) is 18.8 Å². The van der Waals surface area contributed by atoms with Gasteiger partial charge in [-0.05, 0) is 35.2 Å². The van der Waals surface area contributed by atoms with Crippen LogP contribution in [0.25, 0.3) is 0 Å². The summed E-state index contributed by atoms with van der Waals surface area (Å²) in [5.41, 5.74) is 2.67. The molecule has 4 rings (SSSR count). The number of halogens is 1. The van der Waals surface area contributed by atoms with E-state index >= 15 is 0 Å². The number of anilines is 1. The third kappa shape index (κ3) is 4.30. The van der Waals surface area contributed by atoms with E-state index in [4.69, 9.17) is 0 Å². The largest absolute Gasteiger partial charge is 0.315 e. The zero-order valence-electron chi connectivity index (χ0n) is 16.8. The summed E-state index contributed by atoms with van der Waals surface area (Å²) in [6.07, 6.45) is 0.0671. The fraction of sp³-hybridized carbons (Fsp3) is 0.364. The van der Waals surface area contributed by atoms with Crippen molar-refractivity contribution in [2.75, 3.05) is 16.4 Å². The minimum absolute atomic E-state index is 0.0578. The van der Waals surface area contributed by atoms with E-state index in [9.17, 15) is 17.6 Å². The van der Waals surface area contributed by atoms with Gasteiger partial charge >= 0.3 is 0 Å². The van der Waals surface area contributed by atoms with E-state index in [1.54, 1.807) is 12.1 Å². The standard InChI is InChI=1S/C22H23FN2O3S2/c1-14(2)17-5-3-4-6-18(17)25-19-12-30(27,28)13-20(19)29-22(25)24-21(26)11-15-7-9-16(23)10-8-15/h3-10,14,19-20H,11-13H2,1-2H3/t19-,20-/m1/s1. The Kier molecular flexibility index (Phi) is 5.72. The summed E-state index contributed by atoms with van der Waals surface area (Å²) in [5, 5.41) is 0.396. The highest BCUT2D eigenvalue weighted by molar-refractivity contribution is 8.16. The third-order valence-corrected chi connectivity index (χ3v) is 8.58. The van der Waals surface area contributed by atoms with Crippen molar-refractivity contribution in [3.05, 3.63) is 65.5 Å². The van der Waals surface area contributed by atoms with Crippen LogP contribution in [0.1, 0.15) is 30.9 Å². The molecule has 0 aromatic heterocycles. The number of hydrogen-bond acceptors (Lipinski definition) is 4. The lowest BCUT2D eigenvalue weighted by atomic mass is 9.99. The van der Waals surface area contributed by atoms with Gasteiger partial charge in [-0.1, -0.05) is 55.9 Å². The first-order valence-corrected chi connectivity index (χ1v) is 12.5. The van der Waals surface area contributed by atoms with Gasteiger partial charge in [0.15, 0.2) is 15.0 Å². The molecule has 2 atom stereocenters. The molecule has 2 aliphatic rings. The number of carbonyl (C=O) groups excluding carboxylic acids is 1. The van der Waals surface area contributed by atoms with Crippen LogP contribution in [0.3, 0.4) is 0 Å². The first kappa shape index (κ1) is 21.1. The molecule has 0 unspecified atom stereocenters. The van der Waals surface area contributed by atoms with Gasteiger partial charge in [-0.2, -0.15) is 4.99 Å². The fourth-order valence-electron chi connectivity index (χ4n) is 3.96. The second-order valence-corrected chi connectivity index (χ2v) is 11.3. The molecular formula is C22H23FN2O3S2. The number of hydrogen-bond donors (Lipinski definition) is 0. The molecule has 8 heteroatoms. The average Bonchev–Trinajstić information content (AvgIpc) is 3.14. The van der Waals surface area contributed by atoms with E-state index in [0.29, 0.717) is 10.7 Å². The van der Waals surface area contributed by atoms with Crippen LogP contribution in [0, 0.1) is 5.82 Å². The van der Waals surface area contributed by atoms with Gasteiger partial charge in [0.2, 0.25) is 0 Å². The van der Waals surface area contributed by atoms with Gasteiger partial charge < -0.3 is 4.90 Å². The number of amides is 1. The maximum Gasteiger partial charge on any atom is 0.252 e.